The second-order valence-corrected chi connectivity index (χ2v) is 8.10. The number of carbonyl (C=O) groups excluding carboxylic acids is 1. The Balaban J connectivity index is 1.70. The van der Waals surface area contributed by atoms with Crippen molar-refractivity contribution in [3.63, 3.8) is 0 Å². The maximum atomic E-state index is 13.2. The highest BCUT2D eigenvalue weighted by Crippen LogP contribution is 2.29. The molecule has 0 radical (unpaired) electrons. The van der Waals surface area contributed by atoms with E-state index in [-0.39, 0.29) is 16.9 Å². The summed E-state index contributed by atoms with van der Waals surface area (Å²) in [6.07, 6.45) is 6.58. The second kappa shape index (κ2) is 8.42. The first-order valence-corrected chi connectivity index (χ1v) is 10.9. The van der Waals surface area contributed by atoms with Crippen molar-refractivity contribution in [3.05, 3.63) is 75.2 Å². The molecule has 3 aromatic rings. The standard InChI is InChI=1S/C25H29N3O2/c1-4-27(5-2)25(30)22-16-28(6-3)24-21(23(22)29)14-18(15-26-24)11-17-12-19-9-7-8-10-20(19)13-17/h7-10,14-17H,4-6,11-13H2,1-3H3. The molecular formula is C25H29N3O2. The summed E-state index contributed by atoms with van der Waals surface area (Å²) in [6, 6.07) is 10.6. The fourth-order valence-electron chi connectivity index (χ4n) is 4.63. The van der Waals surface area contributed by atoms with Crippen LogP contribution in [0.15, 0.2) is 47.5 Å². The molecule has 2 aromatic heterocycles. The monoisotopic (exact) mass is 403 g/mol. The first kappa shape index (κ1) is 20.3. The Bertz CT molecular complexity index is 1120. The van der Waals surface area contributed by atoms with Crippen molar-refractivity contribution in [2.45, 2.75) is 46.6 Å². The Kier molecular flexibility index (Phi) is 5.71. The molecule has 156 valence electrons. The van der Waals surface area contributed by atoms with Gasteiger partial charge in [0.05, 0.1) is 5.39 Å². The van der Waals surface area contributed by atoms with Crippen LogP contribution >= 0.6 is 0 Å². The maximum absolute atomic E-state index is 13.2. The average molecular weight is 404 g/mol. The number of nitrogens with zero attached hydrogens (tertiary/aromatic N) is 3. The molecule has 1 aromatic carbocycles. The van der Waals surface area contributed by atoms with Gasteiger partial charge in [-0.25, -0.2) is 4.98 Å². The van der Waals surface area contributed by atoms with Crippen LogP contribution in [0.4, 0.5) is 0 Å². The van der Waals surface area contributed by atoms with E-state index in [4.69, 9.17) is 0 Å². The van der Waals surface area contributed by atoms with Gasteiger partial charge in [-0.2, -0.15) is 0 Å². The number of aryl methyl sites for hydroxylation is 1. The number of hydrogen-bond donors (Lipinski definition) is 0. The molecule has 0 saturated heterocycles. The number of aromatic nitrogens is 2. The van der Waals surface area contributed by atoms with Gasteiger partial charge in [0.2, 0.25) is 5.43 Å². The van der Waals surface area contributed by atoms with E-state index in [0.29, 0.717) is 36.6 Å². The van der Waals surface area contributed by atoms with E-state index in [2.05, 4.69) is 29.2 Å². The van der Waals surface area contributed by atoms with Crippen molar-refractivity contribution < 1.29 is 4.79 Å². The highest BCUT2D eigenvalue weighted by molar-refractivity contribution is 5.96. The zero-order valence-electron chi connectivity index (χ0n) is 18.0. The summed E-state index contributed by atoms with van der Waals surface area (Å²) < 4.78 is 1.91. The molecule has 4 rings (SSSR count). The minimum absolute atomic E-state index is 0.203. The van der Waals surface area contributed by atoms with Crippen LogP contribution in [-0.2, 0) is 25.8 Å². The van der Waals surface area contributed by atoms with Gasteiger partial charge >= 0.3 is 0 Å². The summed E-state index contributed by atoms with van der Waals surface area (Å²) in [7, 11) is 0. The molecule has 1 aliphatic carbocycles. The van der Waals surface area contributed by atoms with Gasteiger partial charge in [-0.15, -0.1) is 0 Å². The van der Waals surface area contributed by atoms with Crippen LogP contribution in [0.2, 0.25) is 0 Å². The van der Waals surface area contributed by atoms with Crippen LogP contribution in [-0.4, -0.2) is 33.4 Å². The van der Waals surface area contributed by atoms with Crippen molar-refractivity contribution in [3.8, 4) is 0 Å². The SMILES string of the molecule is CCN(CC)C(=O)c1cn(CC)c2ncc(CC3Cc4ccccc4C3)cc2c1=O. The van der Waals surface area contributed by atoms with Gasteiger partial charge in [-0.3, -0.25) is 9.59 Å². The number of fused-ring (bicyclic) bond motifs is 2. The molecular weight excluding hydrogens is 374 g/mol. The summed E-state index contributed by atoms with van der Waals surface area (Å²) in [5.74, 6) is 0.321. The molecule has 5 heteroatoms. The van der Waals surface area contributed by atoms with Crippen LogP contribution in [0, 0.1) is 5.92 Å². The highest BCUT2D eigenvalue weighted by atomic mass is 16.2. The highest BCUT2D eigenvalue weighted by Gasteiger charge is 2.23. The zero-order valence-corrected chi connectivity index (χ0v) is 18.0. The van der Waals surface area contributed by atoms with Crippen LogP contribution in [0.3, 0.4) is 0 Å². The Morgan fingerprint density at radius 3 is 2.40 bits per heavy atom. The molecule has 0 fully saturated rings. The van der Waals surface area contributed by atoms with Crippen LogP contribution in [0.25, 0.3) is 11.0 Å². The molecule has 0 aliphatic heterocycles. The molecule has 0 N–H and O–H groups in total. The van der Waals surface area contributed by atoms with E-state index in [1.807, 2.05) is 37.6 Å². The van der Waals surface area contributed by atoms with Gasteiger partial charge in [-0.1, -0.05) is 24.3 Å². The minimum Gasteiger partial charge on any atom is -0.339 e. The lowest BCUT2D eigenvalue weighted by molar-refractivity contribution is 0.0771. The maximum Gasteiger partial charge on any atom is 0.259 e. The number of carbonyl (C=O) groups is 1. The molecule has 0 atom stereocenters. The normalized spacial score (nSPS) is 13.6. The van der Waals surface area contributed by atoms with Crippen molar-refractivity contribution in [1.29, 1.82) is 0 Å². The second-order valence-electron chi connectivity index (χ2n) is 8.10. The summed E-state index contributed by atoms with van der Waals surface area (Å²) in [4.78, 5) is 32.5. The van der Waals surface area contributed by atoms with Gasteiger partial charge in [0.1, 0.15) is 11.2 Å². The molecule has 30 heavy (non-hydrogen) atoms. The lowest BCUT2D eigenvalue weighted by Gasteiger charge is -2.19. The Labute approximate surface area is 177 Å². The first-order valence-electron chi connectivity index (χ1n) is 10.9. The first-order chi connectivity index (χ1) is 14.5. The molecule has 1 amide bonds. The molecule has 0 spiro atoms. The summed E-state index contributed by atoms with van der Waals surface area (Å²) in [6.45, 7) is 7.68. The Morgan fingerprint density at radius 1 is 1.13 bits per heavy atom. The molecule has 0 saturated carbocycles. The van der Waals surface area contributed by atoms with Gasteiger partial charge in [0, 0.05) is 32.0 Å². The largest absolute Gasteiger partial charge is 0.339 e. The third-order valence-electron chi connectivity index (χ3n) is 6.25. The van der Waals surface area contributed by atoms with E-state index in [1.54, 1.807) is 11.1 Å². The van der Waals surface area contributed by atoms with Crippen molar-refractivity contribution in [2.24, 2.45) is 5.92 Å². The van der Waals surface area contributed by atoms with Crippen molar-refractivity contribution >= 4 is 16.9 Å². The topological polar surface area (TPSA) is 55.2 Å². The van der Waals surface area contributed by atoms with E-state index in [1.165, 1.54) is 11.1 Å². The molecule has 0 bridgehead atoms. The van der Waals surface area contributed by atoms with E-state index in [9.17, 15) is 9.59 Å². The smallest absolute Gasteiger partial charge is 0.259 e. The molecule has 5 nitrogen and oxygen atoms in total. The van der Waals surface area contributed by atoms with E-state index < -0.39 is 0 Å². The van der Waals surface area contributed by atoms with Gasteiger partial charge in [0.25, 0.3) is 5.91 Å². The fraction of sp³-hybridized carbons (Fsp3) is 0.400. The lowest BCUT2D eigenvalue weighted by atomic mass is 9.97. The number of pyridine rings is 2. The summed E-state index contributed by atoms with van der Waals surface area (Å²) in [5, 5.41) is 0.544. The number of amides is 1. The lowest BCUT2D eigenvalue weighted by Crippen LogP contribution is -2.34. The summed E-state index contributed by atoms with van der Waals surface area (Å²) in [5.41, 5.74) is 4.59. The molecule has 1 aliphatic rings. The van der Waals surface area contributed by atoms with Crippen LogP contribution in [0.1, 0.15) is 47.8 Å². The van der Waals surface area contributed by atoms with E-state index >= 15 is 0 Å². The number of benzene rings is 1. The average Bonchev–Trinajstić information content (AvgIpc) is 3.17. The van der Waals surface area contributed by atoms with Crippen molar-refractivity contribution in [1.82, 2.24) is 14.5 Å². The Morgan fingerprint density at radius 2 is 1.80 bits per heavy atom. The van der Waals surface area contributed by atoms with Crippen LogP contribution in [0.5, 0.6) is 0 Å². The van der Waals surface area contributed by atoms with E-state index in [0.717, 1.165) is 24.8 Å². The zero-order chi connectivity index (χ0) is 21.3. The minimum atomic E-state index is -0.212. The predicted octanol–water partition coefficient (Wildman–Crippen LogP) is 3.86. The number of hydrogen-bond acceptors (Lipinski definition) is 3. The quantitative estimate of drug-likeness (QED) is 0.628. The molecule has 0 unspecified atom stereocenters. The summed E-state index contributed by atoms with van der Waals surface area (Å²) >= 11 is 0. The fourth-order valence-corrected chi connectivity index (χ4v) is 4.63. The van der Waals surface area contributed by atoms with Crippen molar-refractivity contribution in [2.75, 3.05) is 13.1 Å². The van der Waals surface area contributed by atoms with Gasteiger partial charge in [-0.05, 0) is 68.7 Å². The Hall–Kier alpha value is -2.95. The van der Waals surface area contributed by atoms with Gasteiger partial charge in [0.15, 0.2) is 0 Å². The van der Waals surface area contributed by atoms with Gasteiger partial charge < -0.3 is 9.47 Å². The third kappa shape index (κ3) is 3.64. The third-order valence-corrected chi connectivity index (χ3v) is 6.25. The molecule has 2 heterocycles. The van der Waals surface area contributed by atoms with Crippen LogP contribution < -0.4 is 5.43 Å². The predicted molar refractivity (Wildman–Crippen MR) is 120 cm³/mol. The number of rotatable bonds is 6.